The van der Waals surface area contributed by atoms with Crippen molar-refractivity contribution < 1.29 is 27.5 Å². The predicted octanol–water partition coefficient (Wildman–Crippen LogP) is 8.22. The van der Waals surface area contributed by atoms with Gasteiger partial charge in [-0.2, -0.15) is 13.2 Å². The number of alkyl halides is 3. The van der Waals surface area contributed by atoms with E-state index in [1.165, 1.54) is 4.90 Å². The summed E-state index contributed by atoms with van der Waals surface area (Å²) in [6.07, 6.45) is -4.23. The van der Waals surface area contributed by atoms with Gasteiger partial charge in [0.1, 0.15) is 0 Å². The number of hydrogen-bond acceptors (Lipinski definition) is 3. The largest absolute Gasteiger partial charge is 0.480 e. The summed E-state index contributed by atoms with van der Waals surface area (Å²) < 4.78 is 48.3. The molecule has 0 fully saturated rings. The molecule has 2 aliphatic rings. The average Bonchev–Trinajstić information content (AvgIpc) is 3.43. The Morgan fingerprint density at radius 1 is 0.919 bits per heavy atom. The molecule has 37 heavy (non-hydrogen) atoms. The van der Waals surface area contributed by atoms with Crippen LogP contribution in [0.5, 0.6) is 0 Å². The summed E-state index contributed by atoms with van der Waals surface area (Å²) in [5, 5.41) is -0.272. The fourth-order valence-electron chi connectivity index (χ4n) is 4.67. The first-order valence-corrected chi connectivity index (χ1v) is 12.2. The number of imide groups is 1. The van der Waals surface area contributed by atoms with Crippen molar-refractivity contribution in [1.29, 1.82) is 0 Å². The summed E-state index contributed by atoms with van der Waals surface area (Å²) in [4.78, 5) is 26.8. The quantitative estimate of drug-likeness (QED) is 0.236. The van der Waals surface area contributed by atoms with Crippen LogP contribution in [0.1, 0.15) is 56.8 Å². The normalized spacial score (nSPS) is 20.1. The lowest BCUT2D eigenvalue weighted by Gasteiger charge is -2.32. The zero-order valence-electron chi connectivity index (χ0n) is 19.1. The van der Waals surface area contributed by atoms with Crippen LogP contribution in [0.15, 0.2) is 66.9 Å². The molecular formula is C27H17Cl3F3NO3. The van der Waals surface area contributed by atoms with Gasteiger partial charge in [0, 0.05) is 12.0 Å². The fraction of sp³-hybridized carbons (Fsp3) is 0.185. The first kappa shape index (κ1) is 25.6. The van der Waals surface area contributed by atoms with Crippen LogP contribution in [0.2, 0.25) is 15.1 Å². The van der Waals surface area contributed by atoms with Crippen molar-refractivity contribution in [2.75, 3.05) is 0 Å². The van der Waals surface area contributed by atoms with Crippen LogP contribution < -0.4 is 0 Å². The predicted molar refractivity (Wildman–Crippen MR) is 135 cm³/mol. The van der Waals surface area contributed by atoms with E-state index < -0.39 is 24.2 Å². The number of carbonyl (C=O) groups excluding carboxylic acids is 2. The van der Waals surface area contributed by atoms with E-state index in [1.807, 2.05) is 0 Å². The van der Waals surface area contributed by atoms with E-state index in [-0.39, 0.29) is 32.4 Å². The van der Waals surface area contributed by atoms with E-state index in [2.05, 4.69) is 0 Å². The summed E-state index contributed by atoms with van der Waals surface area (Å²) in [6.45, 7) is 1.72. The lowest BCUT2D eigenvalue weighted by atomic mass is 9.86. The van der Waals surface area contributed by atoms with Gasteiger partial charge in [-0.1, -0.05) is 71.2 Å². The van der Waals surface area contributed by atoms with E-state index in [9.17, 15) is 22.8 Å². The zero-order chi connectivity index (χ0) is 26.7. The van der Waals surface area contributed by atoms with Crippen molar-refractivity contribution in [2.45, 2.75) is 31.2 Å². The highest BCUT2D eigenvalue weighted by atomic mass is 35.5. The smallest absolute Gasteiger partial charge is 0.432 e. The van der Waals surface area contributed by atoms with Gasteiger partial charge in [0.05, 0.1) is 38.5 Å². The molecule has 0 saturated carbocycles. The summed E-state index contributed by atoms with van der Waals surface area (Å²) in [5.41, 5.74) is -0.815. The first-order chi connectivity index (χ1) is 17.4. The van der Waals surface area contributed by atoms with E-state index in [1.54, 1.807) is 55.5 Å². The number of amides is 2. The molecule has 5 rings (SSSR count). The standard InChI is InChI=1S/C27H17Cl3F3NO3/c1-14(34-24(35)19-4-2-3-5-20(19)25(34)36)15-6-8-16(9-7-15)17-12-26(37-13-17,27(31,32)33)18-10-21(28)23(30)22(29)11-18/h2-11,13-14H,12H2,1H3. The number of nitrogens with zero attached hydrogens (tertiary/aromatic N) is 1. The number of benzene rings is 3. The average molecular weight is 567 g/mol. The molecule has 3 aromatic rings. The van der Waals surface area contributed by atoms with Crippen molar-refractivity contribution in [3.8, 4) is 0 Å². The van der Waals surface area contributed by atoms with Crippen LogP contribution in [-0.4, -0.2) is 22.9 Å². The van der Waals surface area contributed by atoms with Gasteiger partial charge in [0.15, 0.2) is 0 Å². The van der Waals surface area contributed by atoms with Crippen LogP contribution in [0.4, 0.5) is 13.2 Å². The van der Waals surface area contributed by atoms with Gasteiger partial charge in [-0.25, -0.2) is 0 Å². The van der Waals surface area contributed by atoms with E-state index in [0.717, 1.165) is 18.4 Å². The maximum atomic E-state index is 14.3. The number of hydrogen-bond donors (Lipinski definition) is 0. The Bertz CT molecular complexity index is 1410. The molecule has 2 aliphatic heterocycles. The van der Waals surface area contributed by atoms with Gasteiger partial charge in [0.25, 0.3) is 11.8 Å². The number of carbonyl (C=O) groups is 2. The maximum Gasteiger partial charge on any atom is 0.432 e. The molecule has 3 aromatic carbocycles. The Hall–Kier alpha value is -3.00. The second kappa shape index (κ2) is 9.08. The topological polar surface area (TPSA) is 46.6 Å². The maximum absolute atomic E-state index is 14.3. The molecule has 2 unspecified atom stereocenters. The summed E-state index contributed by atoms with van der Waals surface area (Å²) in [6, 6.07) is 14.8. The Morgan fingerprint density at radius 3 is 1.97 bits per heavy atom. The summed E-state index contributed by atoms with van der Waals surface area (Å²) in [5.74, 6) is -0.779. The second-order valence-electron chi connectivity index (χ2n) is 8.84. The summed E-state index contributed by atoms with van der Waals surface area (Å²) >= 11 is 17.9. The zero-order valence-corrected chi connectivity index (χ0v) is 21.3. The molecule has 0 spiro atoms. The highest BCUT2D eigenvalue weighted by Gasteiger charge is 2.60. The molecule has 0 aromatic heterocycles. The second-order valence-corrected chi connectivity index (χ2v) is 10.0. The molecule has 0 bridgehead atoms. The lowest BCUT2D eigenvalue weighted by Crippen LogP contribution is -2.42. The van der Waals surface area contributed by atoms with Crippen molar-refractivity contribution in [3.05, 3.63) is 110 Å². The number of rotatable bonds is 4. The Kier molecular flexibility index (Phi) is 6.29. The Labute approximate surface area is 225 Å². The van der Waals surface area contributed by atoms with Crippen molar-refractivity contribution in [1.82, 2.24) is 4.90 Å². The lowest BCUT2D eigenvalue weighted by molar-refractivity contribution is -0.260. The highest BCUT2D eigenvalue weighted by Crippen LogP contribution is 2.53. The monoisotopic (exact) mass is 565 g/mol. The van der Waals surface area contributed by atoms with Crippen LogP contribution in [-0.2, 0) is 10.3 Å². The van der Waals surface area contributed by atoms with E-state index in [4.69, 9.17) is 39.5 Å². The molecule has 2 atom stereocenters. The molecule has 10 heteroatoms. The minimum Gasteiger partial charge on any atom is -0.480 e. The molecule has 4 nitrogen and oxygen atoms in total. The summed E-state index contributed by atoms with van der Waals surface area (Å²) in [7, 11) is 0. The molecule has 0 saturated heterocycles. The van der Waals surface area contributed by atoms with Gasteiger partial charge in [-0.3, -0.25) is 14.5 Å². The minimum atomic E-state index is -4.79. The number of ether oxygens (including phenoxy) is 1. The van der Waals surface area contributed by atoms with Crippen molar-refractivity contribution >= 4 is 52.2 Å². The highest BCUT2D eigenvalue weighted by molar-refractivity contribution is 6.48. The van der Waals surface area contributed by atoms with Gasteiger partial charge in [-0.05, 0) is 47.9 Å². The third kappa shape index (κ3) is 4.10. The van der Waals surface area contributed by atoms with Crippen molar-refractivity contribution in [3.63, 3.8) is 0 Å². The molecule has 190 valence electrons. The van der Waals surface area contributed by atoms with E-state index in [0.29, 0.717) is 27.8 Å². The van der Waals surface area contributed by atoms with Crippen molar-refractivity contribution in [2.24, 2.45) is 0 Å². The SMILES string of the molecule is CC(c1ccc(C2=COC(c3cc(Cl)c(Cl)c(Cl)c3)(C(F)(F)F)C2)cc1)N1C(=O)c2ccccc2C1=O. The van der Waals surface area contributed by atoms with Gasteiger partial charge in [0.2, 0.25) is 5.60 Å². The van der Waals surface area contributed by atoms with E-state index >= 15 is 0 Å². The number of fused-ring (bicyclic) bond motifs is 1. The molecule has 0 aliphatic carbocycles. The van der Waals surface area contributed by atoms with Crippen LogP contribution in [0.25, 0.3) is 5.57 Å². The molecule has 2 amide bonds. The van der Waals surface area contributed by atoms with Crippen LogP contribution in [0.3, 0.4) is 0 Å². The van der Waals surface area contributed by atoms with Gasteiger partial charge in [-0.15, -0.1) is 0 Å². The minimum absolute atomic E-state index is 0.0432. The molecule has 2 heterocycles. The Balaban J connectivity index is 1.41. The molecule has 0 radical (unpaired) electrons. The Morgan fingerprint density at radius 2 is 1.46 bits per heavy atom. The third-order valence-corrected chi connectivity index (χ3v) is 7.92. The third-order valence-electron chi connectivity index (χ3n) is 6.73. The first-order valence-electron chi connectivity index (χ1n) is 11.1. The van der Waals surface area contributed by atoms with Gasteiger partial charge < -0.3 is 4.74 Å². The van der Waals surface area contributed by atoms with Gasteiger partial charge >= 0.3 is 6.18 Å². The fourth-order valence-corrected chi connectivity index (χ4v) is 5.26. The van der Waals surface area contributed by atoms with Crippen LogP contribution in [0, 0.1) is 0 Å². The molecule has 0 N–H and O–H groups in total. The number of halogens is 6. The van der Waals surface area contributed by atoms with Crippen LogP contribution >= 0.6 is 34.8 Å². The molecular weight excluding hydrogens is 550 g/mol.